The molecule has 0 bridgehead atoms. The summed E-state index contributed by atoms with van der Waals surface area (Å²) in [5, 5.41) is 4.54. The van der Waals surface area contributed by atoms with Gasteiger partial charge in [0.1, 0.15) is 17.1 Å². The summed E-state index contributed by atoms with van der Waals surface area (Å²) in [5.74, 6) is -0.132. The van der Waals surface area contributed by atoms with E-state index in [1.807, 2.05) is 0 Å². The molecule has 1 heterocycles. The molecule has 0 spiro atoms. The van der Waals surface area contributed by atoms with Gasteiger partial charge < -0.3 is 9.26 Å². The van der Waals surface area contributed by atoms with Crippen molar-refractivity contribution in [2.24, 2.45) is 0 Å². The van der Waals surface area contributed by atoms with Gasteiger partial charge in [0.05, 0.1) is 10.0 Å². The lowest BCUT2D eigenvalue weighted by atomic mass is 10.1. The lowest BCUT2D eigenvalue weighted by Gasteiger charge is -2.19. The minimum atomic E-state index is -4.81. The molecular weight excluding hydrogens is 420 g/mol. The van der Waals surface area contributed by atoms with Crippen LogP contribution in [0.4, 0.5) is 24.5 Å². The standard InChI is InChI=1S/C18H11Cl2F3N2O3/c1-10-17(16(24-28-10)15-13(19)3-2-4-14(15)20)25(9-26)11-5-7-12(8-6-11)27-18(21,22)23/h2-9H,1H3. The van der Waals surface area contributed by atoms with E-state index in [4.69, 9.17) is 27.7 Å². The van der Waals surface area contributed by atoms with Crippen LogP contribution in [-0.2, 0) is 4.79 Å². The topological polar surface area (TPSA) is 55.6 Å². The van der Waals surface area contributed by atoms with Gasteiger partial charge in [0.15, 0.2) is 5.76 Å². The van der Waals surface area contributed by atoms with Crippen molar-refractivity contribution in [3.63, 3.8) is 0 Å². The Morgan fingerprint density at radius 3 is 2.25 bits per heavy atom. The van der Waals surface area contributed by atoms with Gasteiger partial charge in [-0.3, -0.25) is 9.69 Å². The molecule has 0 saturated heterocycles. The predicted octanol–water partition coefficient (Wildman–Crippen LogP) is 6.15. The highest BCUT2D eigenvalue weighted by atomic mass is 35.5. The lowest BCUT2D eigenvalue weighted by Crippen LogP contribution is -2.18. The Hall–Kier alpha value is -2.71. The van der Waals surface area contributed by atoms with Crippen LogP contribution in [0.3, 0.4) is 0 Å². The van der Waals surface area contributed by atoms with E-state index in [0.717, 1.165) is 17.0 Å². The number of aryl methyl sites for hydroxylation is 1. The molecule has 0 saturated carbocycles. The zero-order chi connectivity index (χ0) is 20.5. The van der Waals surface area contributed by atoms with Gasteiger partial charge in [-0.15, -0.1) is 13.2 Å². The maximum absolute atomic E-state index is 12.3. The van der Waals surface area contributed by atoms with Gasteiger partial charge in [0.25, 0.3) is 0 Å². The number of amides is 1. The highest BCUT2D eigenvalue weighted by molar-refractivity contribution is 6.39. The molecule has 2 aromatic carbocycles. The molecule has 0 N–H and O–H groups in total. The van der Waals surface area contributed by atoms with Crippen molar-refractivity contribution in [1.29, 1.82) is 0 Å². The minimum Gasteiger partial charge on any atom is -0.406 e. The molecule has 0 atom stereocenters. The third-order valence-corrected chi connectivity index (χ3v) is 4.36. The van der Waals surface area contributed by atoms with Crippen molar-refractivity contribution >= 4 is 41.0 Å². The number of anilines is 2. The van der Waals surface area contributed by atoms with Crippen LogP contribution in [0.2, 0.25) is 10.0 Å². The zero-order valence-corrected chi connectivity index (χ0v) is 15.6. The maximum atomic E-state index is 12.3. The summed E-state index contributed by atoms with van der Waals surface area (Å²) in [6.07, 6.45) is -4.34. The fourth-order valence-corrected chi connectivity index (χ4v) is 3.17. The molecule has 3 rings (SSSR count). The Morgan fingerprint density at radius 2 is 1.71 bits per heavy atom. The Bertz CT molecular complexity index is 984. The summed E-state index contributed by atoms with van der Waals surface area (Å²) in [5.41, 5.74) is 1.10. The van der Waals surface area contributed by atoms with E-state index >= 15 is 0 Å². The normalized spacial score (nSPS) is 11.4. The molecule has 5 nitrogen and oxygen atoms in total. The van der Waals surface area contributed by atoms with Gasteiger partial charge in [0.2, 0.25) is 6.41 Å². The summed E-state index contributed by atoms with van der Waals surface area (Å²) in [7, 11) is 0. The fraction of sp³-hybridized carbons (Fsp3) is 0.111. The lowest BCUT2D eigenvalue weighted by molar-refractivity contribution is -0.274. The highest BCUT2D eigenvalue weighted by Gasteiger charge is 2.31. The van der Waals surface area contributed by atoms with Gasteiger partial charge >= 0.3 is 6.36 Å². The van der Waals surface area contributed by atoms with E-state index in [1.165, 1.54) is 12.1 Å². The smallest absolute Gasteiger partial charge is 0.406 e. The van der Waals surface area contributed by atoms with Crippen molar-refractivity contribution < 1.29 is 27.2 Å². The Morgan fingerprint density at radius 1 is 1.11 bits per heavy atom. The van der Waals surface area contributed by atoms with E-state index in [9.17, 15) is 18.0 Å². The molecule has 0 aliphatic rings. The first-order valence-electron chi connectivity index (χ1n) is 7.72. The second-order valence-corrected chi connectivity index (χ2v) is 6.36. The van der Waals surface area contributed by atoms with Crippen LogP contribution in [-0.4, -0.2) is 17.9 Å². The van der Waals surface area contributed by atoms with Crippen LogP contribution in [0.5, 0.6) is 5.75 Å². The minimum absolute atomic E-state index is 0.218. The monoisotopic (exact) mass is 430 g/mol. The fourth-order valence-electron chi connectivity index (χ4n) is 2.59. The number of benzene rings is 2. The van der Waals surface area contributed by atoms with Crippen molar-refractivity contribution in [2.75, 3.05) is 4.90 Å². The second kappa shape index (κ2) is 7.73. The molecule has 28 heavy (non-hydrogen) atoms. The summed E-state index contributed by atoms with van der Waals surface area (Å²) in [6.45, 7) is 1.58. The molecule has 0 aliphatic carbocycles. The second-order valence-electron chi connectivity index (χ2n) is 5.55. The van der Waals surface area contributed by atoms with Crippen LogP contribution in [0.1, 0.15) is 5.76 Å². The van der Waals surface area contributed by atoms with E-state index in [2.05, 4.69) is 9.89 Å². The molecule has 146 valence electrons. The number of aromatic nitrogens is 1. The van der Waals surface area contributed by atoms with E-state index in [1.54, 1.807) is 25.1 Å². The quantitative estimate of drug-likeness (QED) is 0.455. The average Bonchev–Trinajstić information content (AvgIpc) is 2.97. The van der Waals surface area contributed by atoms with Gasteiger partial charge in [0, 0.05) is 11.3 Å². The molecule has 0 unspecified atom stereocenters. The molecule has 1 amide bonds. The van der Waals surface area contributed by atoms with Gasteiger partial charge in [-0.2, -0.15) is 0 Å². The number of halogens is 5. The third kappa shape index (κ3) is 4.07. The number of nitrogens with zero attached hydrogens (tertiary/aromatic N) is 2. The Kier molecular flexibility index (Phi) is 5.53. The number of carbonyl (C=O) groups is 1. The van der Waals surface area contributed by atoms with Crippen LogP contribution in [0, 0.1) is 6.92 Å². The zero-order valence-electron chi connectivity index (χ0n) is 14.1. The summed E-state index contributed by atoms with van der Waals surface area (Å²) in [4.78, 5) is 13.0. The third-order valence-electron chi connectivity index (χ3n) is 3.73. The van der Waals surface area contributed by atoms with Crippen LogP contribution in [0.25, 0.3) is 11.3 Å². The average molecular weight is 431 g/mol. The van der Waals surface area contributed by atoms with Crippen molar-refractivity contribution in [2.45, 2.75) is 13.3 Å². The van der Waals surface area contributed by atoms with Crippen LogP contribution < -0.4 is 9.64 Å². The van der Waals surface area contributed by atoms with Crippen molar-refractivity contribution in [1.82, 2.24) is 5.16 Å². The highest BCUT2D eigenvalue weighted by Crippen LogP contribution is 2.42. The Labute approximate surface area is 167 Å². The largest absolute Gasteiger partial charge is 0.573 e. The molecule has 10 heteroatoms. The van der Waals surface area contributed by atoms with Crippen molar-refractivity contribution in [3.8, 4) is 17.0 Å². The SMILES string of the molecule is Cc1onc(-c2c(Cl)cccc2Cl)c1N(C=O)c1ccc(OC(F)(F)F)cc1. The number of hydrogen-bond acceptors (Lipinski definition) is 4. The molecular formula is C18H11Cl2F3N2O3. The summed E-state index contributed by atoms with van der Waals surface area (Å²) >= 11 is 12.5. The molecule has 0 fully saturated rings. The number of rotatable bonds is 5. The number of carbonyl (C=O) groups excluding carboxylic acids is 1. The van der Waals surface area contributed by atoms with E-state index < -0.39 is 12.1 Å². The van der Waals surface area contributed by atoms with Crippen LogP contribution >= 0.6 is 23.2 Å². The van der Waals surface area contributed by atoms with Crippen LogP contribution in [0.15, 0.2) is 47.0 Å². The first-order valence-corrected chi connectivity index (χ1v) is 8.48. The number of alkyl halides is 3. The van der Waals surface area contributed by atoms with E-state index in [0.29, 0.717) is 22.0 Å². The molecule has 1 aromatic heterocycles. The van der Waals surface area contributed by atoms with Gasteiger partial charge in [-0.1, -0.05) is 34.4 Å². The molecule has 0 aliphatic heterocycles. The van der Waals surface area contributed by atoms with E-state index in [-0.39, 0.29) is 22.8 Å². The predicted molar refractivity (Wildman–Crippen MR) is 98.0 cm³/mol. The Balaban J connectivity index is 2.05. The first-order chi connectivity index (χ1) is 13.2. The molecule has 0 radical (unpaired) electrons. The van der Waals surface area contributed by atoms with Gasteiger partial charge in [-0.25, -0.2) is 0 Å². The molecule has 3 aromatic rings. The summed E-state index contributed by atoms with van der Waals surface area (Å²) in [6, 6.07) is 9.61. The first kappa shape index (κ1) is 20.0. The number of hydrogen-bond donors (Lipinski definition) is 0. The van der Waals surface area contributed by atoms with Crippen molar-refractivity contribution in [3.05, 3.63) is 58.3 Å². The summed E-state index contributed by atoms with van der Waals surface area (Å²) < 4.78 is 46.0. The number of ether oxygens (including phenoxy) is 1. The maximum Gasteiger partial charge on any atom is 0.573 e. The van der Waals surface area contributed by atoms with Gasteiger partial charge in [-0.05, 0) is 43.3 Å².